The molecule has 0 aliphatic heterocycles. The highest BCUT2D eigenvalue weighted by molar-refractivity contribution is 14.1. The molecule has 0 unspecified atom stereocenters. The Balaban J connectivity index is 1.60. The summed E-state index contributed by atoms with van der Waals surface area (Å²) in [5, 5.41) is 14.1. The van der Waals surface area contributed by atoms with E-state index in [0.29, 0.717) is 28.8 Å². The SMILES string of the molecule is CC(C)[C@@H](C(=O)Nc1ccc(I)cc1Cl)n1c(O)c(-c2ccc(OCC3CC3)cc2)[nH]c1=O. The number of nitrogens with one attached hydrogen (secondary N) is 2. The van der Waals surface area contributed by atoms with Gasteiger partial charge >= 0.3 is 5.69 Å². The molecule has 1 aromatic heterocycles. The Labute approximate surface area is 210 Å². The van der Waals surface area contributed by atoms with Crippen molar-refractivity contribution in [3.63, 3.8) is 0 Å². The lowest BCUT2D eigenvalue weighted by Crippen LogP contribution is -2.35. The molecule has 0 radical (unpaired) electrons. The Kier molecular flexibility index (Phi) is 7.04. The molecule has 1 heterocycles. The molecule has 1 amide bonds. The third-order valence-corrected chi connectivity index (χ3v) is 6.58. The van der Waals surface area contributed by atoms with Gasteiger partial charge in [-0.1, -0.05) is 25.4 Å². The van der Waals surface area contributed by atoms with Crippen LogP contribution in [0.2, 0.25) is 5.02 Å². The third kappa shape index (κ3) is 5.38. The maximum absolute atomic E-state index is 13.1. The fourth-order valence-corrected chi connectivity index (χ4v) is 4.53. The molecule has 4 rings (SSSR count). The summed E-state index contributed by atoms with van der Waals surface area (Å²) in [6, 6.07) is 11.5. The zero-order valence-electron chi connectivity index (χ0n) is 18.3. The lowest BCUT2D eigenvalue weighted by molar-refractivity contribution is -0.120. The van der Waals surface area contributed by atoms with Crippen LogP contribution in [0.15, 0.2) is 47.3 Å². The first-order chi connectivity index (χ1) is 15.7. The topological polar surface area (TPSA) is 96.3 Å². The largest absolute Gasteiger partial charge is 0.493 e. The number of aromatic amines is 1. The first kappa shape index (κ1) is 23.7. The molecule has 3 aromatic rings. The van der Waals surface area contributed by atoms with Crippen molar-refractivity contribution < 1.29 is 14.6 Å². The summed E-state index contributed by atoms with van der Waals surface area (Å²) < 4.78 is 7.78. The van der Waals surface area contributed by atoms with Crippen LogP contribution in [0.3, 0.4) is 0 Å². The van der Waals surface area contributed by atoms with E-state index in [9.17, 15) is 14.7 Å². The number of aromatic hydroxyl groups is 1. The molecule has 3 N–H and O–H groups in total. The van der Waals surface area contributed by atoms with Crippen molar-refractivity contribution in [3.8, 4) is 22.9 Å². The first-order valence-corrected chi connectivity index (χ1v) is 12.2. The number of halogens is 2. The van der Waals surface area contributed by atoms with Gasteiger partial charge in [0.1, 0.15) is 17.5 Å². The number of H-pyrrole nitrogens is 1. The summed E-state index contributed by atoms with van der Waals surface area (Å²) in [5.41, 5.74) is 0.738. The van der Waals surface area contributed by atoms with Crippen LogP contribution in [0.5, 0.6) is 11.6 Å². The van der Waals surface area contributed by atoms with Crippen molar-refractivity contribution in [1.29, 1.82) is 0 Å². The number of nitrogens with zero attached hydrogens (tertiary/aromatic N) is 1. The lowest BCUT2D eigenvalue weighted by Gasteiger charge is -2.22. The van der Waals surface area contributed by atoms with Crippen LogP contribution in [-0.4, -0.2) is 27.2 Å². The van der Waals surface area contributed by atoms with E-state index < -0.39 is 17.6 Å². The second-order valence-electron chi connectivity index (χ2n) is 8.58. The van der Waals surface area contributed by atoms with Crippen molar-refractivity contribution in [1.82, 2.24) is 9.55 Å². The number of aromatic nitrogens is 2. The average molecular weight is 582 g/mol. The van der Waals surface area contributed by atoms with Gasteiger partial charge in [-0.15, -0.1) is 0 Å². The predicted molar refractivity (Wildman–Crippen MR) is 137 cm³/mol. The second kappa shape index (κ2) is 9.80. The molecule has 1 fully saturated rings. The monoisotopic (exact) mass is 581 g/mol. The highest BCUT2D eigenvalue weighted by Gasteiger charge is 2.30. The number of hydrogen-bond acceptors (Lipinski definition) is 4. The lowest BCUT2D eigenvalue weighted by atomic mass is 10.0. The van der Waals surface area contributed by atoms with Gasteiger partial charge in [0, 0.05) is 9.13 Å². The van der Waals surface area contributed by atoms with Crippen LogP contribution in [0.25, 0.3) is 11.3 Å². The minimum absolute atomic E-state index is 0.250. The number of imidazole rings is 1. The van der Waals surface area contributed by atoms with Crippen LogP contribution < -0.4 is 15.7 Å². The van der Waals surface area contributed by atoms with E-state index in [0.717, 1.165) is 13.9 Å². The highest BCUT2D eigenvalue weighted by Crippen LogP contribution is 2.34. The van der Waals surface area contributed by atoms with Crippen LogP contribution >= 0.6 is 34.2 Å². The summed E-state index contributed by atoms with van der Waals surface area (Å²) in [5.74, 6) is 0.362. The Hall–Kier alpha value is -2.46. The van der Waals surface area contributed by atoms with E-state index >= 15 is 0 Å². The number of benzene rings is 2. The van der Waals surface area contributed by atoms with Crippen molar-refractivity contribution >= 4 is 45.8 Å². The van der Waals surface area contributed by atoms with Crippen LogP contribution in [0, 0.1) is 15.4 Å². The molecule has 1 aliphatic rings. The molecule has 0 saturated heterocycles. The normalized spacial score (nSPS) is 14.3. The van der Waals surface area contributed by atoms with Gasteiger partial charge in [-0.05, 0) is 89.7 Å². The third-order valence-electron chi connectivity index (χ3n) is 5.60. The van der Waals surface area contributed by atoms with Crippen LogP contribution in [0.4, 0.5) is 5.69 Å². The van der Waals surface area contributed by atoms with Crippen molar-refractivity contribution in [2.24, 2.45) is 11.8 Å². The maximum Gasteiger partial charge on any atom is 0.329 e. The molecule has 0 bridgehead atoms. The second-order valence-corrected chi connectivity index (χ2v) is 10.2. The number of carbonyl (C=O) groups excluding carboxylic acids is 1. The Morgan fingerprint density at radius 2 is 1.97 bits per heavy atom. The summed E-state index contributed by atoms with van der Waals surface area (Å²) in [7, 11) is 0. The predicted octanol–water partition coefficient (Wildman–Crippen LogP) is 5.43. The zero-order valence-corrected chi connectivity index (χ0v) is 21.2. The van der Waals surface area contributed by atoms with Crippen molar-refractivity contribution in [2.45, 2.75) is 32.7 Å². The van der Waals surface area contributed by atoms with Crippen molar-refractivity contribution in [3.05, 3.63) is 61.5 Å². The number of amides is 1. The fraction of sp³-hybridized carbons (Fsp3) is 0.333. The smallest absolute Gasteiger partial charge is 0.329 e. The standard InChI is InChI=1S/C24H25ClIN3O4/c1-13(2)21(22(30)27-19-10-7-16(26)11-18(19)25)29-23(31)20(28-24(29)32)15-5-8-17(9-6-15)33-12-14-3-4-14/h5-11,13-14,21,31H,3-4,12H2,1-2H3,(H,27,30)(H,28,32)/t21-/m0/s1. The minimum Gasteiger partial charge on any atom is -0.493 e. The number of hydrogen-bond donors (Lipinski definition) is 3. The molecule has 1 aliphatic carbocycles. The van der Waals surface area contributed by atoms with E-state index in [1.165, 1.54) is 12.8 Å². The molecule has 174 valence electrons. The van der Waals surface area contributed by atoms with Gasteiger partial charge in [0.15, 0.2) is 0 Å². The minimum atomic E-state index is -0.945. The van der Waals surface area contributed by atoms with Gasteiger partial charge in [-0.2, -0.15) is 0 Å². The molecular formula is C24H25ClIN3O4. The Bertz CT molecular complexity index is 1220. The van der Waals surface area contributed by atoms with Crippen LogP contribution in [-0.2, 0) is 4.79 Å². The number of anilines is 1. The van der Waals surface area contributed by atoms with E-state index in [4.69, 9.17) is 16.3 Å². The van der Waals surface area contributed by atoms with Gasteiger partial charge < -0.3 is 20.1 Å². The fourth-order valence-electron chi connectivity index (χ4n) is 3.63. The number of ether oxygens (including phenoxy) is 1. The van der Waals surface area contributed by atoms with Gasteiger partial charge in [0.05, 0.1) is 17.3 Å². The molecule has 2 aromatic carbocycles. The summed E-state index contributed by atoms with van der Waals surface area (Å²) >= 11 is 8.38. The molecule has 33 heavy (non-hydrogen) atoms. The van der Waals surface area contributed by atoms with Gasteiger partial charge in [-0.3, -0.25) is 4.79 Å². The van der Waals surface area contributed by atoms with Gasteiger partial charge in [0.2, 0.25) is 11.8 Å². The van der Waals surface area contributed by atoms with E-state index in [2.05, 4.69) is 32.9 Å². The molecule has 7 nitrogen and oxygen atoms in total. The van der Waals surface area contributed by atoms with Gasteiger partial charge in [0.25, 0.3) is 0 Å². The van der Waals surface area contributed by atoms with E-state index in [-0.39, 0.29) is 17.5 Å². The molecule has 0 spiro atoms. The summed E-state index contributed by atoms with van der Waals surface area (Å²) in [6.45, 7) is 4.32. The zero-order chi connectivity index (χ0) is 23.7. The molecular weight excluding hydrogens is 557 g/mol. The Morgan fingerprint density at radius 3 is 2.58 bits per heavy atom. The van der Waals surface area contributed by atoms with Gasteiger partial charge in [-0.25, -0.2) is 9.36 Å². The van der Waals surface area contributed by atoms with Crippen molar-refractivity contribution in [2.75, 3.05) is 11.9 Å². The summed E-state index contributed by atoms with van der Waals surface area (Å²) in [4.78, 5) is 28.7. The Morgan fingerprint density at radius 1 is 1.27 bits per heavy atom. The first-order valence-electron chi connectivity index (χ1n) is 10.8. The number of carbonyl (C=O) groups is 1. The molecule has 1 saturated carbocycles. The average Bonchev–Trinajstić information content (AvgIpc) is 3.55. The molecule has 9 heteroatoms. The highest BCUT2D eigenvalue weighted by atomic mass is 127. The van der Waals surface area contributed by atoms with E-state index in [1.54, 1.807) is 36.4 Å². The van der Waals surface area contributed by atoms with Crippen LogP contribution in [0.1, 0.15) is 32.7 Å². The summed E-state index contributed by atoms with van der Waals surface area (Å²) in [6.07, 6.45) is 2.42. The number of rotatable bonds is 8. The van der Waals surface area contributed by atoms with E-state index in [1.807, 2.05) is 19.9 Å². The quantitative estimate of drug-likeness (QED) is 0.309. The maximum atomic E-state index is 13.1. The molecule has 1 atom stereocenters.